The van der Waals surface area contributed by atoms with E-state index in [0.717, 1.165) is 0 Å². The Kier molecular flexibility index (Phi) is 2.78. The van der Waals surface area contributed by atoms with Crippen LogP contribution in [0.15, 0.2) is 24.8 Å². The van der Waals surface area contributed by atoms with Crippen LogP contribution in [0.5, 0.6) is 5.75 Å². The molecule has 1 amide bonds. The summed E-state index contributed by atoms with van der Waals surface area (Å²) in [4.78, 5) is 21.5. The summed E-state index contributed by atoms with van der Waals surface area (Å²) in [6.45, 7) is 3.48. The van der Waals surface area contributed by atoms with Gasteiger partial charge in [-0.2, -0.15) is 0 Å². The Hall–Kier alpha value is -2.37. The highest BCUT2D eigenvalue weighted by atomic mass is 16.6. The Bertz CT molecular complexity index is 510. The van der Waals surface area contributed by atoms with E-state index in [-0.39, 0.29) is 18.2 Å². The van der Waals surface area contributed by atoms with Gasteiger partial charge in [-0.15, -0.1) is 6.58 Å². The molecule has 88 valence electrons. The van der Waals surface area contributed by atoms with Gasteiger partial charge in [-0.25, -0.2) is 0 Å². The predicted molar refractivity (Wildman–Crippen MR) is 61.1 cm³/mol. The van der Waals surface area contributed by atoms with Crippen LogP contribution >= 0.6 is 0 Å². The van der Waals surface area contributed by atoms with Crippen molar-refractivity contribution in [2.45, 2.75) is 6.42 Å². The van der Waals surface area contributed by atoms with Crippen molar-refractivity contribution in [1.29, 1.82) is 0 Å². The summed E-state index contributed by atoms with van der Waals surface area (Å²) in [5, 5.41) is 13.4. The molecule has 0 radical (unpaired) electrons. The number of rotatable bonds is 3. The molecule has 0 fully saturated rings. The molecule has 6 nitrogen and oxygen atoms in total. The van der Waals surface area contributed by atoms with Crippen molar-refractivity contribution in [3.05, 3.63) is 40.5 Å². The number of carbonyl (C=O) groups excluding carboxylic acids is 1. The van der Waals surface area contributed by atoms with Gasteiger partial charge in [0.05, 0.1) is 10.6 Å². The molecule has 2 rings (SSSR count). The molecule has 0 aliphatic carbocycles. The molecule has 1 aromatic rings. The summed E-state index contributed by atoms with van der Waals surface area (Å²) in [6, 6.07) is 2.87. The first-order valence-electron chi connectivity index (χ1n) is 4.96. The van der Waals surface area contributed by atoms with Crippen LogP contribution in [0.3, 0.4) is 0 Å². The maximum Gasteiger partial charge on any atom is 0.275 e. The van der Waals surface area contributed by atoms with Crippen molar-refractivity contribution in [3.8, 4) is 5.75 Å². The van der Waals surface area contributed by atoms with E-state index in [4.69, 9.17) is 4.74 Å². The third-order valence-electron chi connectivity index (χ3n) is 2.37. The van der Waals surface area contributed by atoms with Crippen LogP contribution in [0.1, 0.15) is 5.56 Å². The standard InChI is InChI=1S/C11H10N2O4/c1-2-3-7-4-10-8(5-9(7)13(15)16)12-11(14)6-17-10/h2,4-5H,1,3,6H2,(H,12,14). The number of nitro benzene ring substituents is 1. The number of nitro groups is 1. The average molecular weight is 234 g/mol. The molecule has 1 N–H and O–H groups in total. The van der Waals surface area contributed by atoms with E-state index in [9.17, 15) is 14.9 Å². The van der Waals surface area contributed by atoms with E-state index in [1.54, 1.807) is 12.1 Å². The van der Waals surface area contributed by atoms with Gasteiger partial charge in [-0.1, -0.05) is 6.08 Å². The molecule has 0 saturated heterocycles. The molecule has 0 aromatic heterocycles. The number of carbonyl (C=O) groups is 1. The lowest BCUT2D eigenvalue weighted by atomic mass is 10.1. The second kappa shape index (κ2) is 4.25. The van der Waals surface area contributed by atoms with Gasteiger partial charge < -0.3 is 10.1 Å². The van der Waals surface area contributed by atoms with Gasteiger partial charge in [0.2, 0.25) is 0 Å². The molecule has 0 bridgehead atoms. The van der Waals surface area contributed by atoms with Gasteiger partial charge in [0, 0.05) is 11.6 Å². The monoisotopic (exact) mass is 234 g/mol. The number of hydrogen-bond donors (Lipinski definition) is 1. The molecule has 6 heteroatoms. The van der Waals surface area contributed by atoms with Gasteiger partial charge in [0.1, 0.15) is 5.75 Å². The van der Waals surface area contributed by atoms with Crippen LogP contribution in [0.2, 0.25) is 0 Å². The fourth-order valence-corrected chi connectivity index (χ4v) is 1.65. The largest absolute Gasteiger partial charge is 0.482 e. The highest BCUT2D eigenvalue weighted by molar-refractivity contribution is 5.96. The minimum atomic E-state index is -0.486. The zero-order valence-electron chi connectivity index (χ0n) is 8.93. The average Bonchev–Trinajstić information content (AvgIpc) is 2.28. The third-order valence-corrected chi connectivity index (χ3v) is 2.37. The summed E-state index contributed by atoms with van der Waals surface area (Å²) in [6.07, 6.45) is 1.96. The van der Waals surface area contributed by atoms with Crippen molar-refractivity contribution in [1.82, 2.24) is 0 Å². The van der Waals surface area contributed by atoms with E-state index < -0.39 is 4.92 Å². The first kappa shape index (κ1) is 11.1. The predicted octanol–water partition coefficient (Wildman–Crippen LogP) is 1.65. The van der Waals surface area contributed by atoms with E-state index in [2.05, 4.69) is 11.9 Å². The normalized spacial score (nSPS) is 13.3. The first-order chi connectivity index (χ1) is 8.11. The summed E-state index contributed by atoms with van der Waals surface area (Å²) in [5.74, 6) is 0.135. The molecular formula is C11H10N2O4. The number of benzene rings is 1. The molecule has 1 heterocycles. The van der Waals surface area contributed by atoms with E-state index in [1.807, 2.05) is 0 Å². The van der Waals surface area contributed by atoms with E-state index in [1.165, 1.54) is 6.07 Å². The highest BCUT2D eigenvalue weighted by Gasteiger charge is 2.22. The molecule has 1 aromatic carbocycles. The van der Waals surface area contributed by atoms with Gasteiger partial charge in [-0.05, 0) is 12.5 Å². The molecule has 0 atom stereocenters. The molecule has 0 spiro atoms. The quantitative estimate of drug-likeness (QED) is 0.489. The second-order valence-corrected chi connectivity index (χ2v) is 3.56. The number of ether oxygens (including phenoxy) is 1. The zero-order valence-corrected chi connectivity index (χ0v) is 8.93. The lowest BCUT2D eigenvalue weighted by Gasteiger charge is -2.18. The van der Waals surface area contributed by atoms with E-state index in [0.29, 0.717) is 23.4 Å². The first-order valence-corrected chi connectivity index (χ1v) is 4.96. The van der Waals surface area contributed by atoms with Crippen molar-refractivity contribution in [2.75, 3.05) is 11.9 Å². The number of nitrogens with one attached hydrogen (secondary N) is 1. The van der Waals surface area contributed by atoms with Crippen LogP contribution in [0.25, 0.3) is 0 Å². The maximum absolute atomic E-state index is 11.1. The summed E-state index contributed by atoms with van der Waals surface area (Å²) < 4.78 is 5.19. The Morgan fingerprint density at radius 3 is 3.00 bits per heavy atom. The second-order valence-electron chi connectivity index (χ2n) is 3.56. The van der Waals surface area contributed by atoms with Crippen LogP contribution in [0, 0.1) is 10.1 Å². The molecular weight excluding hydrogens is 224 g/mol. The Morgan fingerprint density at radius 2 is 2.35 bits per heavy atom. The Morgan fingerprint density at radius 1 is 1.59 bits per heavy atom. The maximum atomic E-state index is 11.1. The fraction of sp³-hybridized carbons (Fsp3) is 0.182. The minimum absolute atomic E-state index is 0.0468. The smallest absolute Gasteiger partial charge is 0.275 e. The molecule has 1 aliphatic rings. The van der Waals surface area contributed by atoms with Crippen molar-refractivity contribution in [3.63, 3.8) is 0 Å². The Labute approximate surface area is 97.0 Å². The molecule has 0 saturated carbocycles. The Balaban J connectivity index is 2.51. The van der Waals surface area contributed by atoms with Crippen LogP contribution in [-0.2, 0) is 11.2 Å². The zero-order chi connectivity index (χ0) is 12.4. The van der Waals surface area contributed by atoms with Crippen molar-refractivity contribution >= 4 is 17.3 Å². The number of fused-ring (bicyclic) bond motifs is 1. The molecule has 17 heavy (non-hydrogen) atoms. The summed E-state index contributed by atoms with van der Waals surface area (Å²) >= 11 is 0. The van der Waals surface area contributed by atoms with E-state index >= 15 is 0 Å². The lowest BCUT2D eigenvalue weighted by Crippen LogP contribution is -2.25. The number of hydrogen-bond acceptors (Lipinski definition) is 4. The summed E-state index contributed by atoms with van der Waals surface area (Å²) in [5.41, 5.74) is 0.801. The highest BCUT2D eigenvalue weighted by Crippen LogP contribution is 2.34. The topological polar surface area (TPSA) is 81.5 Å². The molecule has 1 aliphatic heterocycles. The minimum Gasteiger partial charge on any atom is -0.482 e. The van der Waals surface area contributed by atoms with Gasteiger partial charge in [-0.3, -0.25) is 14.9 Å². The van der Waals surface area contributed by atoms with Crippen molar-refractivity contribution in [2.24, 2.45) is 0 Å². The van der Waals surface area contributed by atoms with Crippen LogP contribution in [-0.4, -0.2) is 17.4 Å². The van der Waals surface area contributed by atoms with Gasteiger partial charge in [0.15, 0.2) is 6.61 Å². The SMILES string of the molecule is C=CCc1cc2c(cc1[N+](=O)[O-])NC(=O)CO2. The number of allylic oxidation sites excluding steroid dienone is 1. The number of anilines is 1. The molecule has 0 unspecified atom stereocenters. The number of nitrogens with zero attached hydrogens (tertiary/aromatic N) is 1. The lowest BCUT2D eigenvalue weighted by molar-refractivity contribution is -0.385. The van der Waals surface area contributed by atoms with Crippen LogP contribution in [0.4, 0.5) is 11.4 Å². The van der Waals surface area contributed by atoms with Gasteiger partial charge >= 0.3 is 0 Å². The van der Waals surface area contributed by atoms with Crippen molar-refractivity contribution < 1.29 is 14.5 Å². The van der Waals surface area contributed by atoms with Crippen LogP contribution < -0.4 is 10.1 Å². The van der Waals surface area contributed by atoms with Gasteiger partial charge in [0.25, 0.3) is 11.6 Å². The third kappa shape index (κ3) is 2.10. The number of amides is 1. The summed E-state index contributed by atoms with van der Waals surface area (Å²) in [7, 11) is 0. The fourth-order valence-electron chi connectivity index (χ4n) is 1.65.